The first-order chi connectivity index (χ1) is 8.92. The molecule has 0 bridgehead atoms. The molecule has 0 N–H and O–H groups in total. The largest absolute Gasteiger partial charge is 0.466 e. The molecule has 112 valence electrons. The van der Waals surface area contributed by atoms with Crippen LogP contribution in [0.5, 0.6) is 0 Å². The topological polar surface area (TPSA) is 52.6 Å². The lowest BCUT2D eigenvalue weighted by Gasteiger charge is -2.31. The molecule has 20 heavy (non-hydrogen) atoms. The Bertz CT molecular complexity index is 460. The van der Waals surface area contributed by atoms with E-state index in [0.29, 0.717) is 0 Å². The van der Waals surface area contributed by atoms with Crippen LogP contribution in [0.1, 0.15) is 27.7 Å². The van der Waals surface area contributed by atoms with Crippen molar-refractivity contribution in [3.63, 3.8) is 0 Å². The zero-order chi connectivity index (χ0) is 16.1. The van der Waals surface area contributed by atoms with Gasteiger partial charge in [0.2, 0.25) is 0 Å². The minimum atomic E-state index is -1.86. The van der Waals surface area contributed by atoms with E-state index >= 15 is 0 Å². The van der Waals surface area contributed by atoms with Crippen LogP contribution >= 0.6 is 0 Å². The summed E-state index contributed by atoms with van der Waals surface area (Å²) in [5.41, 5.74) is 3.24. The predicted octanol–water partition coefficient (Wildman–Crippen LogP) is 2.70. The second kappa shape index (κ2) is 6.75. The van der Waals surface area contributed by atoms with Crippen LogP contribution in [0, 0.1) is 11.5 Å². The molecule has 0 aliphatic carbocycles. The summed E-state index contributed by atoms with van der Waals surface area (Å²) in [6.07, 6.45) is -0.950. The molecule has 0 aromatic heterocycles. The summed E-state index contributed by atoms with van der Waals surface area (Å²) in [5.74, 6) is 1.75. The summed E-state index contributed by atoms with van der Waals surface area (Å²) in [4.78, 5) is 22.6. The average molecular weight is 296 g/mol. The normalized spacial score (nSPS) is 12.8. The Morgan fingerprint density at radius 2 is 1.75 bits per heavy atom. The van der Waals surface area contributed by atoms with Crippen molar-refractivity contribution in [2.24, 2.45) is 0 Å². The van der Waals surface area contributed by atoms with Crippen molar-refractivity contribution in [1.29, 1.82) is 0 Å². The number of hydrogen-bond donors (Lipinski definition) is 0. The molecule has 0 saturated heterocycles. The standard InChI is InChI=1S/C15H24O4Si/c1-11(14(17)18-6)13(19-12(2)16)9-10-20(7,8)15(3,4)5/h13H,1H2,2-8H3. The maximum atomic E-state index is 11.5. The first kappa shape index (κ1) is 18.5. The minimum absolute atomic E-state index is 0.0360. The summed E-state index contributed by atoms with van der Waals surface area (Å²) in [6, 6.07) is 0. The van der Waals surface area contributed by atoms with Crippen LogP contribution in [0.15, 0.2) is 12.2 Å². The molecule has 0 aliphatic heterocycles. The number of methoxy groups -OCH3 is 1. The third-order valence-corrected chi connectivity index (χ3v) is 7.96. The highest BCUT2D eigenvalue weighted by Gasteiger charge is 2.34. The van der Waals surface area contributed by atoms with Gasteiger partial charge in [0.1, 0.15) is 8.07 Å². The fraction of sp³-hybridized carbons (Fsp3) is 0.600. The summed E-state index contributed by atoms with van der Waals surface area (Å²) >= 11 is 0. The Hall–Kier alpha value is -1.54. The van der Waals surface area contributed by atoms with Crippen LogP contribution in [0.3, 0.4) is 0 Å². The molecule has 0 aromatic carbocycles. The van der Waals surface area contributed by atoms with Gasteiger partial charge < -0.3 is 9.47 Å². The van der Waals surface area contributed by atoms with Crippen LogP contribution in [-0.2, 0) is 19.1 Å². The third kappa shape index (κ3) is 5.22. The van der Waals surface area contributed by atoms with Gasteiger partial charge in [0.15, 0.2) is 6.10 Å². The van der Waals surface area contributed by atoms with E-state index in [0.717, 1.165) is 0 Å². The van der Waals surface area contributed by atoms with Crippen molar-refractivity contribution in [2.75, 3.05) is 7.11 Å². The Morgan fingerprint density at radius 1 is 1.25 bits per heavy atom. The van der Waals surface area contributed by atoms with E-state index in [1.165, 1.54) is 14.0 Å². The molecule has 0 radical (unpaired) electrons. The van der Waals surface area contributed by atoms with Gasteiger partial charge in [0.25, 0.3) is 0 Å². The van der Waals surface area contributed by atoms with Gasteiger partial charge in [-0.05, 0) is 5.04 Å². The van der Waals surface area contributed by atoms with Crippen molar-refractivity contribution in [3.8, 4) is 11.5 Å². The van der Waals surface area contributed by atoms with E-state index < -0.39 is 26.1 Å². The van der Waals surface area contributed by atoms with E-state index in [-0.39, 0.29) is 10.6 Å². The second-order valence-electron chi connectivity index (χ2n) is 6.15. The highest BCUT2D eigenvalue weighted by molar-refractivity contribution is 6.87. The zero-order valence-electron chi connectivity index (χ0n) is 13.4. The van der Waals surface area contributed by atoms with Gasteiger partial charge >= 0.3 is 11.9 Å². The fourth-order valence-corrected chi connectivity index (χ4v) is 1.89. The summed E-state index contributed by atoms with van der Waals surface area (Å²) in [7, 11) is -0.606. The van der Waals surface area contributed by atoms with Crippen LogP contribution in [0.25, 0.3) is 0 Å². The van der Waals surface area contributed by atoms with Crippen LogP contribution in [0.2, 0.25) is 18.1 Å². The molecule has 1 unspecified atom stereocenters. The molecule has 4 nitrogen and oxygen atoms in total. The van der Waals surface area contributed by atoms with Crippen molar-refractivity contribution in [2.45, 2.75) is 51.9 Å². The van der Waals surface area contributed by atoms with E-state index in [2.05, 4.69) is 56.6 Å². The molecule has 0 aliphatic rings. The Morgan fingerprint density at radius 3 is 2.10 bits per heavy atom. The SMILES string of the molecule is C=C(C(=O)OC)C(C#C[Si](C)(C)C(C)(C)C)OC(C)=O. The molecular formula is C15H24O4Si. The van der Waals surface area contributed by atoms with Crippen molar-refractivity contribution >= 4 is 20.0 Å². The highest BCUT2D eigenvalue weighted by Crippen LogP contribution is 2.35. The molecule has 0 amide bonds. The first-order valence-electron chi connectivity index (χ1n) is 6.39. The summed E-state index contributed by atoms with van der Waals surface area (Å²) < 4.78 is 9.64. The van der Waals surface area contributed by atoms with Crippen molar-refractivity contribution in [3.05, 3.63) is 12.2 Å². The van der Waals surface area contributed by atoms with Crippen molar-refractivity contribution in [1.82, 2.24) is 0 Å². The number of ether oxygens (including phenoxy) is 2. The summed E-state index contributed by atoms with van der Waals surface area (Å²) in [6.45, 7) is 15.5. The number of carbonyl (C=O) groups excluding carboxylic acids is 2. The van der Waals surface area contributed by atoms with Gasteiger partial charge in [-0.3, -0.25) is 4.79 Å². The lowest BCUT2D eigenvalue weighted by Crippen LogP contribution is -2.36. The Balaban J connectivity index is 5.36. The molecule has 0 aromatic rings. The first-order valence-corrected chi connectivity index (χ1v) is 9.39. The van der Waals surface area contributed by atoms with E-state index in [4.69, 9.17) is 4.74 Å². The van der Waals surface area contributed by atoms with E-state index in [1.54, 1.807) is 0 Å². The van der Waals surface area contributed by atoms with E-state index in [9.17, 15) is 9.59 Å². The molecule has 0 heterocycles. The average Bonchev–Trinajstić information content (AvgIpc) is 2.30. The maximum absolute atomic E-state index is 11.5. The fourth-order valence-electron chi connectivity index (χ4n) is 1.03. The molecule has 0 rings (SSSR count). The van der Waals surface area contributed by atoms with Crippen LogP contribution < -0.4 is 0 Å². The second-order valence-corrected chi connectivity index (χ2v) is 11.2. The van der Waals surface area contributed by atoms with E-state index in [1.807, 2.05) is 0 Å². The van der Waals surface area contributed by atoms with Crippen LogP contribution in [-0.4, -0.2) is 33.2 Å². The number of rotatable bonds is 3. The Labute approximate surface area is 122 Å². The monoisotopic (exact) mass is 296 g/mol. The molecule has 0 spiro atoms. The van der Waals surface area contributed by atoms with Gasteiger partial charge in [0, 0.05) is 6.92 Å². The van der Waals surface area contributed by atoms with Gasteiger partial charge in [-0.25, -0.2) is 4.79 Å². The molecule has 0 saturated carbocycles. The van der Waals surface area contributed by atoms with Gasteiger partial charge in [0.05, 0.1) is 12.7 Å². The smallest absolute Gasteiger partial charge is 0.337 e. The quantitative estimate of drug-likeness (QED) is 0.348. The predicted molar refractivity (Wildman–Crippen MR) is 81.7 cm³/mol. The van der Waals surface area contributed by atoms with Crippen molar-refractivity contribution < 1.29 is 19.1 Å². The minimum Gasteiger partial charge on any atom is -0.466 e. The number of esters is 2. The lowest BCUT2D eigenvalue weighted by atomic mass is 10.2. The third-order valence-electron chi connectivity index (χ3n) is 3.44. The number of carbonyl (C=O) groups is 2. The molecule has 0 fully saturated rings. The number of hydrogen-bond acceptors (Lipinski definition) is 4. The maximum Gasteiger partial charge on any atom is 0.337 e. The van der Waals surface area contributed by atoms with Gasteiger partial charge in [-0.1, -0.05) is 46.4 Å². The zero-order valence-corrected chi connectivity index (χ0v) is 14.4. The molecule has 5 heteroatoms. The molecular weight excluding hydrogens is 272 g/mol. The van der Waals surface area contributed by atoms with Gasteiger partial charge in [-0.15, -0.1) is 5.54 Å². The highest BCUT2D eigenvalue weighted by atomic mass is 28.3. The Kier molecular flexibility index (Phi) is 6.23. The molecule has 1 atom stereocenters. The lowest BCUT2D eigenvalue weighted by molar-refractivity contribution is -0.144. The summed E-state index contributed by atoms with van der Waals surface area (Å²) in [5, 5.41) is 0.0768. The van der Waals surface area contributed by atoms with Gasteiger partial charge in [-0.2, -0.15) is 0 Å². The van der Waals surface area contributed by atoms with Crippen LogP contribution in [0.4, 0.5) is 0 Å².